The van der Waals surface area contributed by atoms with Crippen molar-refractivity contribution in [2.24, 2.45) is 5.73 Å². The quantitative estimate of drug-likeness (QED) is 0.776. The molecule has 0 aliphatic heterocycles. The summed E-state index contributed by atoms with van der Waals surface area (Å²) in [6.07, 6.45) is -11.2. The summed E-state index contributed by atoms with van der Waals surface area (Å²) in [5.74, 6) is 0. The zero-order valence-electron chi connectivity index (χ0n) is 9.58. The maximum Gasteiger partial charge on any atom is 0.419 e. The van der Waals surface area contributed by atoms with Gasteiger partial charge < -0.3 is 5.73 Å². The van der Waals surface area contributed by atoms with Gasteiger partial charge in [-0.25, -0.2) is 0 Å². The van der Waals surface area contributed by atoms with Crippen LogP contribution in [0.4, 0.5) is 26.3 Å². The van der Waals surface area contributed by atoms with E-state index >= 15 is 0 Å². The molecule has 0 saturated carbocycles. The number of nitrogens with two attached hydrogens (primary N) is 1. The lowest BCUT2D eigenvalue weighted by atomic mass is 9.85. The van der Waals surface area contributed by atoms with Gasteiger partial charge in [0.1, 0.15) is 0 Å². The van der Waals surface area contributed by atoms with Crippen LogP contribution in [-0.2, 0) is 5.54 Å². The number of benzene rings is 1. The molecule has 0 aliphatic rings. The summed E-state index contributed by atoms with van der Waals surface area (Å²) in [6.45, 7) is 2.73. The van der Waals surface area contributed by atoms with Gasteiger partial charge in [0, 0.05) is 0 Å². The Balaban J connectivity index is 3.56. The monoisotopic (exact) mass is 271 g/mol. The second-order valence-corrected chi connectivity index (χ2v) is 4.12. The summed E-state index contributed by atoms with van der Waals surface area (Å²) in [4.78, 5) is 0. The Bertz CT molecular complexity index is 432. The van der Waals surface area contributed by atoms with Crippen molar-refractivity contribution in [3.05, 3.63) is 34.9 Å². The maximum absolute atomic E-state index is 12.7. The van der Waals surface area contributed by atoms with E-state index in [1.807, 2.05) is 0 Å². The molecule has 0 aromatic heterocycles. The van der Waals surface area contributed by atoms with E-state index in [4.69, 9.17) is 0 Å². The highest BCUT2D eigenvalue weighted by molar-refractivity contribution is 5.38. The minimum absolute atomic E-state index is 0.146. The first kappa shape index (κ1) is 14.8. The van der Waals surface area contributed by atoms with Gasteiger partial charge in [-0.2, -0.15) is 26.3 Å². The van der Waals surface area contributed by atoms with Gasteiger partial charge in [-0.1, -0.05) is 23.8 Å². The standard InChI is InChI=1S/C11H11F6N/c1-6-3-4-8(7(2)5-6)9(18,10(12,13)14)11(15,16)17/h3-5H,18H2,1-2H3. The van der Waals surface area contributed by atoms with E-state index in [0.29, 0.717) is 5.56 Å². The normalized spacial score (nSPS) is 13.8. The largest absolute Gasteiger partial charge is 0.419 e. The molecule has 18 heavy (non-hydrogen) atoms. The zero-order chi connectivity index (χ0) is 14.4. The summed E-state index contributed by atoms with van der Waals surface area (Å²) in [5.41, 5.74) is -0.242. The molecule has 102 valence electrons. The first-order chi connectivity index (χ1) is 7.91. The molecular formula is C11H11F6N. The Hall–Kier alpha value is -1.24. The second-order valence-electron chi connectivity index (χ2n) is 4.12. The fraction of sp³-hybridized carbons (Fsp3) is 0.455. The van der Waals surface area contributed by atoms with Crippen LogP contribution in [0.1, 0.15) is 16.7 Å². The highest BCUT2D eigenvalue weighted by Gasteiger charge is 2.69. The summed E-state index contributed by atoms with van der Waals surface area (Å²) < 4.78 is 76.3. The van der Waals surface area contributed by atoms with Gasteiger partial charge >= 0.3 is 12.4 Å². The van der Waals surface area contributed by atoms with Gasteiger partial charge in [0.25, 0.3) is 0 Å². The van der Waals surface area contributed by atoms with Crippen molar-refractivity contribution in [1.82, 2.24) is 0 Å². The molecule has 0 saturated heterocycles. The highest BCUT2D eigenvalue weighted by atomic mass is 19.4. The molecule has 0 heterocycles. The lowest BCUT2D eigenvalue weighted by molar-refractivity contribution is -0.302. The fourth-order valence-corrected chi connectivity index (χ4v) is 1.72. The molecule has 0 spiro atoms. The van der Waals surface area contributed by atoms with E-state index in [2.05, 4.69) is 5.73 Å². The van der Waals surface area contributed by atoms with Crippen LogP contribution in [0.15, 0.2) is 18.2 Å². The third kappa shape index (κ3) is 2.19. The molecule has 1 aromatic rings. The Labute approximate surface area is 99.6 Å². The maximum atomic E-state index is 12.7. The Morgan fingerprint density at radius 3 is 1.67 bits per heavy atom. The number of alkyl halides is 6. The van der Waals surface area contributed by atoms with Crippen molar-refractivity contribution in [1.29, 1.82) is 0 Å². The van der Waals surface area contributed by atoms with Crippen LogP contribution in [0.5, 0.6) is 0 Å². The summed E-state index contributed by atoms with van der Waals surface area (Å²) in [7, 11) is 0. The fourth-order valence-electron chi connectivity index (χ4n) is 1.72. The lowest BCUT2D eigenvalue weighted by Gasteiger charge is -2.35. The summed E-state index contributed by atoms with van der Waals surface area (Å²) >= 11 is 0. The lowest BCUT2D eigenvalue weighted by Crippen LogP contribution is -2.61. The summed E-state index contributed by atoms with van der Waals surface area (Å²) in [6, 6.07) is 3.17. The second kappa shape index (κ2) is 4.15. The third-order valence-corrected chi connectivity index (χ3v) is 2.70. The molecule has 0 unspecified atom stereocenters. The first-order valence-electron chi connectivity index (χ1n) is 4.91. The van der Waals surface area contributed by atoms with Crippen molar-refractivity contribution < 1.29 is 26.3 Å². The van der Waals surface area contributed by atoms with E-state index < -0.39 is 23.5 Å². The van der Waals surface area contributed by atoms with Crippen LogP contribution in [0, 0.1) is 13.8 Å². The van der Waals surface area contributed by atoms with E-state index in [9.17, 15) is 26.3 Å². The van der Waals surface area contributed by atoms with E-state index in [0.717, 1.165) is 6.07 Å². The van der Waals surface area contributed by atoms with Crippen LogP contribution in [0.2, 0.25) is 0 Å². The van der Waals surface area contributed by atoms with Crippen LogP contribution < -0.4 is 5.73 Å². The Morgan fingerprint density at radius 2 is 1.33 bits per heavy atom. The van der Waals surface area contributed by atoms with Crippen molar-refractivity contribution in [3.8, 4) is 0 Å². The minimum Gasteiger partial charge on any atom is -0.306 e. The number of halogens is 6. The zero-order valence-corrected chi connectivity index (χ0v) is 9.58. The van der Waals surface area contributed by atoms with Gasteiger partial charge in [-0.3, -0.25) is 0 Å². The average molecular weight is 271 g/mol. The van der Waals surface area contributed by atoms with Crippen LogP contribution in [-0.4, -0.2) is 12.4 Å². The summed E-state index contributed by atoms with van der Waals surface area (Å²) in [5, 5.41) is 0. The van der Waals surface area contributed by atoms with Crippen molar-refractivity contribution in [3.63, 3.8) is 0 Å². The number of rotatable bonds is 1. The molecule has 0 atom stereocenters. The molecule has 7 heteroatoms. The van der Waals surface area contributed by atoms with Crippen LogP contribution in [0.3, 0.4) is 0 Å². The highest BCUT2D eigenvalue weighted by Crippen LogP contribution is 2.48. The number of aryl methyl sites for hydroxylation is 2. The van der Waals surface area contributed by atoms with Crippen LogP contribution in [0.25, 0.3) is 0 Å². The predicted molar refractivity (Wildman–Crippen MR) is 53.9 cm³/mol. The first-order valence-corrected chi connectivity index (χ1v) is 4.91. The van der Waals surface area contributed by atoms with Gasteiger partial charge in [-0.15, -0.1) is 0 Å². The average Bonchev–Trinajstić information content (AvgIpc) is 2.12. The molecule has 1 nitrogen and oxygen atoms in total. The van der Waals surface area contributed by atoms with Gasteiger partial charge in [-0.05, 0) is 25.0 Å². The molecule has 0 radical (unpaired) electrons. The Morgan fingerprint density at radius 1 is 0.889 bits per heavy atom. The molecule has 1 rings (SSSR count). The number of hydrogen-bond donors (Lipinski definition) is 1. The molecule has 1 aromatic carbocycles. The molecule has 0 bridgehead atoms. The molecule has 2 N–H and O–H groups in total. The number of hydrogen-bond acceptors (Lipinski definition) is 1. The third-order valence-electron chi connectivity index (χ3n) is 2.70. The van der Waals surface area contributed by atoms with Crippen LogP contribution >= 0.6 is 0 Å². The minimum atomic E-state index is -5.62. The van der Waals surface area contributed by atoms with Crippen molar-refractivity contribution in [2.45, 2.75) is 31.7 Å². The van der Waals surface area contributed by atoms with E-state index in [1.165, 1.54) is 19.1 Å². The SMILES string of the molecule is Cc1ccc(C(N)(C(F)(F)F)C(F)(F)F)c(C)c1. The predicted octanol–water partition coefficient (Wildman–Crippen LogP) is 3.58. The van der Waals surface area contributed by atoms with E-state index in [-0.39, 0.29) is 5.56 Å². The topological polar surface area (TPSA) is 26.0 Å². The van der Waals surface area contributed by atoms with E-state index in [1.54, 1.807) is 6.92 Å². The smallest absolute Gasteiger partial charge is 0.306 e. The van der Waals surface area contributed by atoms with Gasteiger partial charge in [0.05, 0.1) is 0 Å². The van der Waals surface area contributed by atoms with Crippen molar-refractivity contribution in [2.75, 3.05) is 0 Å². The molecular weight excluding hydrogens is 260 g/mol. The molecule has 0 aliphatic carbocycles. The van der Waals surface area contributed by atoms with Gasteiger partial charge in [0.15, 0.2) is 0 Å². The van der Waals surface area contributed by atoms with Crippen molar-refractivity contribution >= 4 is 0 Å². The van der Waals surface area contributed by atoms with Gasteiger partial charge in [0.2, 0.25) is 5.54 Å². The Kier molecular flexibility index (Phi) is 3.42. The molecule has 0 fully saturated rings. The molecule has 0 amide bonds.